The third kappa shape index (κ3) is 5.56. The summed E-state index contributed by atoms with van der Waals surface area (Å²) in [5, 5.41) is 3.73. The standard InChI is InChI=1S/C23H26FN5O4S/c1-34(31,32)27-20-14-33-22(13-19(20)26-28-25)23(30)29-11-10-16-4-2-3-5-18(16)21(29)12-15-6-8-17(24)9-7-15/h2-9,19-22,27H,10-14H2,1H3/t19?,20-,21+,22-/m1/s1. The van der Waals surface area contributed by atoms with Gasteiger partial charge in [-0.3, -0.25) is 4.79 Å². The Labute approximate surface area is 197 Å². The molecule has 2 heterocycles. The fourth-order valence-corrected chi connectivity index (χ4v) is 5.48. The van der Waals surface area contributed by atoms with E-state index in [1.807, 2.05) is 24.3 Å². The molecule has 1 unspecified atom stereocenters. The van der Waals surface area contributed by atoms with Crippen LogP contribution in [0.15, 0.2) is 53.6 Å². The average Bonchev–Trinajstić information content (AvgIpc) is 2.80. The first-order valence-electron chi connectivity index (χ1n) is 11.0. The number of hydrogen-bond acceptors (Lipinski definition) is 5. The Bertz CT molecular complexity index is 1200. The van der Waals surface area contributed by atoms with Gasteiger partial charge in [-0.2, -0.15) is 0 Å². The van der Waals surface area contributed by atoms with Gasteiger partial charge in [0.1, 0.15) is 11.9 Å². The average molecular weight is 488 g/mol. The summed E-state index contributed by atoms with van der Waals surface area (Å²) in [5.74, 6) is -0.560. The summed E-state index contributed by atoms with van der Waals surface area (Å²) in [6, 6.07) is 12.4. The topological polar surface area (TPSA) is 124 Å². The van der Waals surface area contributed by atoms with Gasteiger partial charge in [0.15, 0.2) is 0 Å². The maximum Gasteiger partial charge on any atom is 0.252 e. The van der Waals surface area contributed by atoms with Crippen molar-refractivity contribution in [2.45, 2.75) is 43.5 Å². The molecule has 2 aliphatic heterocycles. The van der Waals surface area contributed by atoms with E-state index in [1.54, 1.807) is 17.0 Å². The van der Waals surface area contributed by atoms with Gasteiger partial charge in [-0.15, -0.1) is 0 Å². The van der Waals surface area contributed by atoms with Crippen LogP contribution in [0.3, 0.4) is 0 Å². The minimum atomic E-state index is -3.55. The van der Waals surface area contributed by atoms with Gasteiger partial charge < -0.3 is 9.64 Å². The Hall–Kier alpha value is -2.98. The molecule has 2 aromatic carbocycles. The van der Waals surface area contributed by atoms with Gasteiger partial charge in [-0.25, -0.2) is 17.5 Å². The number of fused-ring (bicyclic) bond motifs is 1. The van der Waals surface area contributed by atoms with Crippen LogP contribution in [0.2, 0.25) is 0 Å². The quantitative estimate of drug-likeness (QED) is 0.382. The summed E-state index contributed by atoms with van der Waals surface area (Å²) < 4.78 is 45.0. The molecular formula is C23H26FN5O4S. The predicted molar refractivity (Wildman–Crippen MR) is 124 cm³/mol. The van der Waals surface area contributed by atoms with Crippen LogP contribution in [0.25, 0.3) is 10.4 Å². The lowest BCUT2D eigenvalue weighted by atomic mass is 9.87. The summed E-state index contributed by atoms with van der Waals surface area (Å²) in [4.78, 5) is 18.2. The van der Waals surface area contributed by atoms with Crippen LogP contribution >= 0.6 is 0 Å². The molecule has 4 atom stereocenters. The smallest absolute Gasteiger partial charge is 0.252 e. The summed E-state index contributed by atoms with van der Waals surface area (Å²) >= 11 is 0. The van der Waals surface area contributed by atoms with Gasteiger partial charge in [0.25, 0.3) is 5.91 Å². The molecule has 0 radical (unpaired) electrons. The fourth-order valence-electron chi connectivity index (χ4n) is 4.70. The van der Waals surface area contributed by atoms with Crippen molar-refractivity contribution in [3.63, 3.8) is 0 Å². The molecule has 0 saturated carbocycles. The molecule has 2 aliphatic rings. The SMILES string of the molecule is CS(=O)(=O)N[C@@H]1CO[C@@H](C(=O)N2CCc3ccccc3[C@@H]2Cc2ccc(F)cc2)CC1N=[N+]=[N-]. The summed E-state index contributed by atoms with van der Waals surface area (Å²) in [6.45, 7) is 0.402. The van der Waals surface area contributed by atoms with Crippen molar-refractivity contribution in [1.29, 1.82) is 0 Å². The summed E-state index contributed by atoms with van der Waals surface area (Å²) in [6.07, 6.45) is 1.41. The van der Waals surface area contributed by atoms with E-state index in [1.165, 1.54) is 12.1 Å². The highest BCUT2D eigenvalue weighted by Crippen LogP contribution is 2.34. The number of ether oxygens (including phenoxy) is 1. The molecule has 11 heteroatoms. The van der Waals surface area contributed by atoms with E-state index < -0.39 is 28.2 Å². The number of nitrogens with zero attached hydrogens (tertiary/aromatic N) is 4. The van der Waals surface area contributed by atoms with E-state index in [9.17, 15) is 17.6 Å². The number of carbonyl (C=O) groups is 1. The zero-order chi connectivity index (χ0) is 24.3. The van der Waals surface area contributed by atoms with Crippen molar-refractivity contribution < 1.29 is 22.3 Å². The highest BCUT2D eigenvalue weighted by Gasteiger charge is 2.40. The van der Waals surface area contributed by atoms with Crippen molar-refractivity contribution >= 4 is 15.9 Å². The van der Waals surface area contributed by atoms with Crippen molar-refractivity contribution in [2.24, 2.45) is 5.11 Å². The van der Waals surface area contributed by atoms with Gasteiger partial charge in [0, 0.05) is 11.5 Å². The zero-order valence-corrected chi connectivity index (χ0v) is 19.5. The predicted octanol–water partition coefficient (Wildman–Crippen LogP) is 2.88. The minimum absolute atomic E-state index is 0.0670. The summed E-state index contributed by atoms with van der Waals surface area (Å²) in [5.41, 5.74) is 12.1. The second-order valence-corrected chi connectivity index (χ2v) is 10.4. The van der Waals surface area contributed by atoms with Crippen molar-refractivity contribution in [2.75, 3.05) is 19.4 Å². The van der Waals surface area contributed by atoms with Crippen LogP contribution < -0.4 is 4.72 Å². The molecule has 1 amide bonds. The largest absolute Gasteiger partial charge is 0.367 e. The number of sulfonamides is 1. The lowest BCUT2D eigenvalue weighted by molar-refractivity contribution is -0.151. The molecule has 180 valence electrons. The summed E-state index contributed by atoms with van der Waals surface area (Å²) in [7, 11) is -3.55. The molecule has 34 heavy (non-hydrogen) atoms. The number of azide groups is 1. The first-order chi connectivity index (χ1) is 16.2. The van der Waals surface area contributed by atoms with E-state index in [4.69, 9.17) is 10.3 Å². The normalized spacial score (nSPS) is 24.7. The van der Waals surface area contributed by atoms with Gasteiger partial charge in [-0.1, -0.05) is 41.5 Å². The van der Waals surface area contributed by atoms with E-state index in [0.29, 0.717) is 19.4 Å². The van der Waals surface area contributed by atoms with Crippen LogP contribution in [-0.4, -0.2) is 56.8 Å². The third-order valence-electron chi connectivity index (χ3n) is 6.28. The van der Waals surface area contributed by atoms with Crippen LogP contribution in [0.1, 0.15) is 29.2 Å². The second kappa shape index (κ2) is 10.1. The monoisotopic (exact) mass is 487 g/mol. The Morgan fingerprint density at radius 2 is 2.00 bits per heavy atom. The first-order valence-corrected chi connectivity index (χ1v) is 12.9. The molecule has 0 bridgehead atoms. The number of halogens is 1. The third-order valence-corrected chi connectivity index (χ3v) is 7.01. The highest BCUT2D eigenvalue weighted by molar-refractivity contribution is 7.88. The molecule has 2 aromatic rings. The number of nitrogens with one attached hydrogen (secondary N) is 1. The number of hydrogen-bond donors (Lipinski definition) is 1. The van der Waals surface area contributed by atoms with Gasteiger partial charge in [0.2, 0.25) is 10.0 Å². The molecule has 1 fully saturated rings. The van der Waals surface area contributed by atoms with Crippen LogP contribution in [0, 0.1) is 5.82 Å². The van der Waals surface area contributed by atoms with E-state index in [-0.39, 0.29) is 30.8 Å². The number of rotatable bonds is 6. The molecular weight excluding hydrogens is 461 g/mol. The van der Waals surface area contributed by atoms with Crippen molar-refractivity contribution in [3.05, 3.63) is 81.5 Å². The number of amides is 1. The molecule has 1 saturated heterocycles. The van der Waals surface area contributed by atoms with Crippen LogP contribution in [0.4, 0.5) is 4.39 Å². The molecule has 0 aliphatic carbocycles. The van der Waals surface area contributed by atoms with Gasteiger partial charge >= 0.3 is 0 Å². The minimum Gasteiger partial charge on any atom is -0.367 e. The Balaban J connectivity index is 1.58. The van der Waals surface area contributed by atoms with E-state index >= 15 is 0 Å². The van der Waals surface area contributed by atoms with Crippen LogP contribution in [0.5, 0.6) is 0 Å². The Morgan fingerprint density at radius 3 is 2.71 bits per heavy atom. The lowest BCUT2D eigenvalue weighted by Crippen LogP contribution is -2.55. The van der Waals surface area contributed by atoms with Crippen molar-refractivity contribution in [3.8, 4) is 0 Å². The van der Waals surface area contributed by atoms with Gasteiger partial charge in [-0.05, 0) is 53.6 Å². The van der Waals surface area contributed by atoms with Gasteiger partial charge in [0.05, 0.1) is 31.0 Å². The lowest BCUT2D eigenvalue weighted by Gasteiger charge is -2.41. The molecule has 9 nitrogen and oxygen atoms in total. The molecule has 1 N–H and O–H groups in total. The van der Waals surface area contributed by atoms with Crippen LogP contribution in [-0.2, 0) is 32.4 Å². The Morgan fingerprint density at radius 1 is 1.26 bits per heavy atom. The second-order valence-electron chi connectivity index (χ2n) is 8.65. The van der Waals surface area contributed by atoms with E-state index in [0.717, 1.165) is 22.9 Å². The maximum absolute atomic E-state index is 13.6. The molecule has 4 rings (SSSR count). The van der Waals surface area contributed by atoms with Crippen molar-refractivity contribution in [1.82, 2.24) is 9.62 Å². The molecule has 0 aromatic heterocycles. The Kier molecular flexibility index (Phi) is 7.18. The highest BCUT2D eigenvalue weighted by atomic mass is 32.2. The fraction of sp³-hybridized carbons (Fsp3) is 0.435. The number of benzene rings is 2. The van der Waals surface area contributed by atoms with E-state index in [2.05, 4.69) is 14.7 Å². The molecule has 0 spiro atoms. The maximum atomic E-state index is 13.6. The zero-order valence-electron chi connectivity index (χ0n) is 18.7. The number of carbonyl (C=O) groups excluding carboxylic acids is 1. The first kappa shape index (κ1) is 24.2.